The Balaban J connectivity index is 0.00000264. The summed E-state index contributed by atoms with van der Waals surface area (Å²) in [6.07, 6.45) is 1.47. The standard InChI is InChI=1S/C16H22FN3O2.ClH/c1-11-4-5-14(17)13(9-11)16(22)20-8-2-3-12(10-20)15(21)19-7-6-18;/h4-5,9,12H,2-3,6-8,10,18H2,1H3,(H,19,21);1H. The zero-order valence-electron chi connectivity index (χ0n) is 13.2. The molecule has 0 aromatic heterocycles. The second-order valence-corrected chi connectivity index (χ2v) is 5.65. The number of nitrogens with two attached hydrogens (primary N) is 1. The highest BCUT2D eigenvalue weighted by Crippen LogP contribution is 2.20. The number of amides is 2. The molecule has 128 valence electrons. The van der Waals surface area contributed by atoms with E-state index in [1.54, 1.807) is 17.0 Å². The number of piperidine rings is 1. The molecule has 1 atom stereocenters. The first-order chi connectivity index (χ1) is 10.5. The van der Waals surface area contributed by atoms with Crippen LogP contribution in [0.25, 0.3) is 0 Å². The van der Waals surface area contributed by atoms with E-state index in [2.05, 4.69) is 5.32 Å². The number of likely N-dealkylation sites (tertiary alicyclic amines) is 1. The third kappa shape index (κ3) is 4.91. The first kappa shape index (κ1) is 19.4. The Hall–Kier alpha value is -1.66. The van der Waals surface area contributed by atoms with Gasteiger partial charge in [0.2, 0.25) is 5.91 Å². The SMILES string of the molecule is Cc1ccc(F)c(C(=O)N2CCCC(C(=O)NCCN)C2)c1.Cl. The molecule has 2 amide bonds. The zero-order chi connectivity index (χ0) is 16.1. The van der Waals surface area contributed by atoms with Gasteiger partial charge in [0.25, 0.3) is 5.91 Å². The fourth-order valence-corrected chi connectivity index (χ4v) is 2.69. The summed E-state index contributed by atoms with van der Waals surface area (Å²) >= 11 is 0. The van der Waals surface area contributed by atoms with E-state index < -0.39 is 5.82 Å². The van der Waals surface area contributed by atoms with Crippen molar-refractivity contribution in [3.63, 3.8) is 0 Å². The van der Waals surface area contributed by atoms with Crippen molar-refractivity contribution in [1.29, 1.82) is 0 Å². The normalized spacial score (nSPS) is 17.3. The molecule has 2 rings (SSSR count). The summed E-state index contributed by atoms with van der Waals surface area (Å²) in [7, 11) is 0. The summed E-state index contributed by atoms with van der Waals surface area (Å²) in [5.41, 5.74) is 6.27. The summed E-state index contributed by atoms with van der Waals surface area (Å²) < 4.78 is 13.9. The van der Waals surface area contributed by atoms with Crippen molar-refractivity contribution in [3.05, 3.63) is 35.1 Å². The van der Waals surface area contributed by atoms with Gasteiger partial charge in [0.1, 0.15) is 5.82 Å². The molecule has 0 radical (unpaired) electrons. The molecule has 1 heterocycles. The van der Waals surface area contributed by atoms with Gasteiger partial charge in [-0.05, 0) is 31.9 Å². The number of halogens is 2. The Kier molecular flexibility index (Phi) is 7.45. The van der Waals surface area contributed by atoms with Crippen molar-refractivity contribution < 1.29 is 14.0 Å². The number of nitrogens with one attached hydrogen (secondary N) is 1. The Bertz CT molecular complexity index is 568. The maximum Gasteiger partial charge on any atom is 0.256 e. The number of hydrogen-bond donors (Lipinski definition) is 2. The van der Waals surface area contributed by atoms with Crippen LogP contribution in [0.1, 0.15) is 28.8 Å². The average molecular weight is 344 g/mol. The van der Waals surface area contributed by atoms with Gasteiger partial charge in [0.15, 0.2) is 0 Å². The molecule has 1 aromatic rings. The van der Waals surface area contributed by atoms with Crippen LogP contribution in [-0.4, -0.2) is 42.9 Å². The molecular weight excluding hydrogens is 321 g/mol. The largest absolute Gasteiger partial charge is 0.355 e. The highest BCUT2D eigenvalue weighted by Gasteiger charge is 2.29. The maximum absolute atomic E-state index is 13.9. The van der Waals surface area contributed by atoms with E-state index in [9.17, 15) is 14.0 Å². The quantitative estimate of drug-likeness (QED) is 0.869. The van der Waals surface area contributed by atoms with Gasteiger partial charge in [-0.2, -0.15) is 0 Å². The third-order valence-corrected chi connectivity index (χ3v) is 3.88. The zero-order valence-corrected chi connectivity index (χ0v) is 14.0. The molecule has 3 N–H and O–H groups in total. The van der Waals surface area contributed by atoms with E-state index >= 15 is 0 Å². The lowest BCUT2D eigenvalue weighted by Gasteiger charge is -2.32. The summed E-state index contributed by atoms with van der Waals surface area (Å²) in [4.78, 5) is 26.1. The predicted molar refractivity (Wildman–Crippen MR) is 89.1 cm³/mol. The van der Waals surface area contributed by atoms with Crippen LogP contribution in [0, 0.1) is 18.7 Å². The summed E-state index contributed by atoms with van der Waals surface area (Å²) in [5.74, 6) is -1.22. The molecule has 0 aliphatic carbocycles. The molecule has 1 fully saturated rings. The maximum atomic E-state index is 13.9. The van der Waals surface area contributed by atoms with Crippen molar-refractivity contribution in [2.45, 2.75) is 19.8 Å². The second kappa shape index (κ2) is 8.84. The minimum absolute atomic E-state index is 0. The number of rotatable bonds is 4. The van der Waals surface area contributed by atoms with E-state index in [0.29, 0.717) is 26.2 Å². The van der Waals surface area contributed by atoms with Gasteiger partial charge in [-0.15, -0.1) is 12.4 Å². The van der Waals surface area contributed by atoms with E-state index in [1.807, 2.05) is 6.92 Å². The first-order valence-corrected chi connectivity index (χ1v) is 7.56. The van der Waals surface area contributed by atoms with Crippen LogP contribution >= 0.6 is 12.4 Å². The number of aryl methyl sites for hydroxylation is 1. The average Bonchev–Trinajstić information content (AvgIpc) is 2.54. The van der Waals surface area contributed by atoms with Gasteiger partial charge in [-0.1, -0.05) is 11.6 Å². The molecule has 1 aliphatic heterocycles. The van der Waals surface area contributed by atoms with Crippen LogP contribution in [0.2, 0.25) is 0 Å². The summed E-state index contributed by atoms with van der Waals surface area (Å²) in [5, 5.41) is 2.75. The first-order valence-electron chi connectivity index (χ1n) is 7.56. The molecule has 1 saturated heterocycles. The van der Waals surface area contributed by atoms with Gasteiger partial charge in [0.05, 0.1) is 11.5 Å². The second-order valence-electron chi connectivity index (χ2n) is 5.65. The Morgan fingerprint density at radius 1 is 1.43 bits per heavy atom. The van der Waals surface area contributed by atoms with Crippen molar-refractivity contribution >= 4 is 24.2 Å². The lowest BCUT2D eigenvalue weighted by molar-refractivity contribution is -0.126. The van der Waals surface area contributed by atoms with Crippen molar-refractivity contribution in [3.8, 4) is 0 Å². The molecule has 0 saturated carbocycles. The molecule has 1 aromatic carbocycles. The number of benzene rings is 1. The lowest BCUT2D eigenvalue weighted by Crippen LogP contribution is -2.46. The highest BCUT2D eigenvalue weighted by molar-refractivity contribution is 5.95. The monoisotopic (exact) mass is 343 g/mol. The highest BCUT2D eigenvalue weighted by atomic mass is 35.5. The number of carbonyl (C=O) groups is 2. The number of nitrogens with zero attached hydrogens (tertiary/aromatic N) is 1. The fraction of sp³-hybridized carbons (Fsp3) is 0.500. The van der Waals surface area contributed by atoms with Crippen molar-refractivity contribution in [2.75, 3.05) is 26.2 Å². The predicted octanol–water partition coefficient (Wildman–Crippen LogP) is 1.48. The number of carbonyl (C=O) groups excluding carboxylic acids is 2. The van der Waals surface area contributed by atoms with Crippen molar-refractivity contribution in [1.82, 2.24) is 10.2 Å². The molecule has 1 aliphatic rings. The minimum Gasteiger partial charge on any atom is -0.355 e. The molecule has 0 bridgehead atoms. The Morgan fingerprint density at radius 2 is 2.17 bits per heavy atom. The number of hydrogen-bond acceptors (Lipinski definition) is 3. The van der Waals surface area contributed by atoms with Crippen LogP contribution in [0.4, 0.5) is 4.39 Å². The van der Waals surface area contributed by atoms with Crippen LogP contribution in [0.15, 0.2) is 18.2 Å². The van der Waals surface area contributed by atoms with Gasteiger partial charge >= 0.3 is 0 Å². The molecule has 5 nitrogen and oxygen atoms in total. The molecule has 7 heteroatoms. The van der Waals surface area contributed by atoms with Gasteiger partial charge in [-0.25, -0.2) is 4.39 Å². The molecule has 1 unspecified atom stereocenters. The van der Waals surface area contributed by atoms with Gasteiger partial charge in [-0.3, -0.25) is 9.59 Å². The molecular formula is C16H23ClFN3O2. The lowest BCUT2D eigenvalue weighted by atomic mass is 9.96. The summed E-state index contributed by atoms with van der Waals surface area (Å²) in [6.45, 7) is 3.50. The Morgan fingerprint density at radius 3 is 2.87 bits per heavy atom. The van der Waals surface area contributed by atoms with Crippen LogP contribution in [0.5, 0.6) is 0 Å². The van der Waals surface area contributed by atoms with Crippen LogP contribution in [-0.2, 0) is 4.79 Å². The van der Waals surface area contributed by atoms with Gasteiger partial charge < -0.3 is 16.0 Å². The fourth-order valence-electron chi connectivity index (χ4n) is 2.69. The van der Waals surface area contributed by atoms with Crippen LogP contribution in [0.3, 0.4) is 0 Å². The van der Waals surface area contributed by atoms with E-state index in [0.717, 1.165) is 18.4 Å². The minimum atomic E-state index is -0.523. The summed E-state index contributed by atoms with van der Waals surface area (Å²) in [6, 6.07) is 4.49. The van der Waals surface area contributed by atoms with E-state index in [4.69, 9.17) is 5.73 Å². The van der Waals surface area contributed by atoms with Crippen LogP contribution < -0.4 is 11.1 Å². The smallest absolute Gasteiger partial charge is 0.256 e. The van der Waals surface area contributed by atoms with Crippen molar-refractivity contribution in [2.24, 2.45) is 11.7 Å². The molecule has 0 spiro atoms. The Labute approximate surface area is 141 Å². The topological polar surface area (TPSA) is 75.4 Å². The molecule has 23 heavy (non-hydrogen) atoms. The van der Waals surface area contributed by atoms with E-state index in [1.165, 1.54) is 6.07 Å². The van der Waals surface area contributed by atoms with Gasteiger partial charge in [0, 0.05) is 26.2 Å². The third-order valence-electron chi connectivity index (χ3n) is 3.88. The van der Waals surface area contributed by atoms with E-state index in [-0.39, 0.29) is 35.7 Å².